The molecule has 0 aliphatic carbocycles. The lowest BCUT2D eigenvalue weighted by Crippen LogP contribution is -2.55. The molecule has 1 fully saturated rings. The number of benzene rings is 1. The van der Waals surface area contributed by atoms with Crippen molar-refractivity contribution in [1.29, 1.82) is 0 Å². The molecular formula is C23H25NO2. The standard InChI is InChI=1S/C23H25NO2/c1-17-15-19(12-8-11-18-9-4-3-5-10-18)20-16-22(25)26-23(20,2)21-13-6-7-14-24(17)21/h3-5,9-10,15-17,21H,6-7,11,13-14H2,1-2H3/t17-,21+,23-/m0/s1. The summed E-state index contributed by atoms with van der Waals surface area (Å²) in [6.07, 6.45) is 8.03. The number of fused-ring (bicyclic) bond motifs is 3. The first-order valence-electron chi connectivity index (χ1n) is 9.54. The minimum atomic E-state index is -0.588. The van der Waals surface area contributed by atoms with Crippen LogP contribution in [0.3, 0.4) is 0 Å². The molecule has 3 aliphatic heterocycles. The number of ether oxygens (including phenoxy) is 1. The second-order valence-corrected chi connectivity index (χ2v) is 7.62. The summed E-state index contributed by atoms with van der Waals surface area (Å²) in [7, 11) is 0. The largest absolute Gasteiger partial charge is 0.450 e. The number of hydrogen-bond donors (Lipinski definition) is 0. The number of carbonyl (C=O) groups excluding carboxylic acids is 1. The Balaban J connectivity index is 1.69. The van der Waals surface area contributed by atoms with Gasteiger partial charge in [-0.1, -0.05) is 54.7 Å². The molecule has 0 saturated carbocycles. The Labute approximate surface area is 155 Å². The zero-order chi connectivity index (χ0) is 18.1. The van der Waals surface area contributed by atoms with Crippen molar-refractivity contribution in [3.05, 3.63) is 59.2 Å². The average Bonchev–Trinajstić information content (AvgIpc) is 2.93. The van der Waals surface area contributed by atoms with E-state index >= 15 is 0 Å². The summed E-state index contributed by atoms with van der Waals surface area (Å²) >= 11 is 0. The molecule has 0 unspecified atom stereocenters. The lowest BCUT2D eigenvalue weighted by Gasteiger charge is -2.45. The summed E-state index contributed by atoms with van der Waals surface area (Å²) in [5.41, 5.74) is 2.53. The smallest absolute Gasteiger partial charge is 0.332 e. The van der Waals surface area contributed by atoms with E-state index in [9.17, 15) is 4.79 Å². The number of nitrogens with zero attached hydrogens (tertiary/aromatic N) is 1. The number of carbonyl (C=O) groups is 1. The lowest BCUT2D eigenvalue weighted by atomic mass is 9.81. The second-order valence-electron chi connectivity index (χ2n) is 7.62. The van der Waals surface area contributed by atoms with Crippen molar-refractivity contribution in [1.82, 2.24) is 4.90 Å². The van der Waals surface area contributed by atoms with Crippen LogP contribution in [0.15, 0.2) is 53.6 Å². The van der Waals surface area contributed by atoms with Crippen LogP contribution in [-0.2, 0) is 16.0 Å². The van der Waals surface area contributed by atoms with Crippen molar-refractivity contribution in [2.75, 3.05) is 6.54 Å². The molecule has 1 saturated heterocycles. The van der Waals surface area contributed by atoms with Crippen LogP contribution in [0, 0.1) is 11.8 Å². The molecule has 3 nitrogen and oxygen atoms in total. The Morgan fingerprint density at radius 3 is 2.88 bits per heavy atom. The summed E-state index contributed by atoms with van der Waals surface area (Å²) < 4.78 is 5.86. The molecule has 3 atom stereocenters. The molecule has 3 heterocycles. The molecule has 1 aromatic carbocycles. The third kappa shape index (κ3) is 2.99. The minimum absolute atomic E-state index is 0.230. The molecule has 0 aromatic heterocycles. The highest BCUT2D eigenvalue weighted by atomic mass is 16.6. The van der Waals surface area contributed by atoms with E-state index in [0.717, 1.165) is 24.1 Å². The van der Waals surface area contributed by atoms with Crippen LogP contribution in [0.25, 0.3) is 0 Å². The highest BCUT2D eigenvalue weighted by Gasteiger charge is 2.51. The van der Waals surface area contributed by atoms with Crippen LogP contribution in [0.1, 0.15) is 38.7 Å². The van der Waals surface area contributed by atoms with Gasteiger partial charge in [-0.05, 0) is 38.8 Å². The molecule has 134 valence electrons. The highest BCUT2D eigenvalue weighted by Crippen LogP contribution is 2.44. The molecule has 1 aromatic rings. The number of piperidine rings is 1. The van der Waals surface area contributed by atoms with Crippen molar-refractivity contribution in [3.8, 4) is 11.8 Å². The minimum Gasteiger partial charge on any atom is -0.450 e. The van der Waals surface area contributed by atoms with Gasteiger partial charge in [0, 0.05) is 29.7 Å². The van der Waals surface area contributed by atoms with E-state index in [0.29, 0.717) is 12.5 Å². The van der Waals surface area contributed by atoms with Gasteiger partial charge >= 0.3 is 5.97 Å². The fourth-order valence-corrected chi connectivity index (χ4v) is 4.55. The summed E-state index contributed by atoms with van der Waals surface area (Å²) in [6, 6.07) is 10.8. The average molecular weight is 347 g/mol. The third-order valence-corrected chi connectivity index (χ3v) is 5.87. The van der Waals surface area contributed by atoms with Gasteiger partial charge in [0.15, 0.2) is 5.60 Å². The third-order valence-electron chi connectivity index (χ3n) is 5.87. The zero-order valence-corrected chi connectivity index (χ0v) is 15.5. The van der Waals surface area contributed by atoms with Gasteiger partial charge in [-0.3, -0.25) is 4.90 Å². The Morgan fingerprint density at radius 1 is 1.27 bits per heavy atom. The van der Waals surface area contributed by atoms with E-state index in [1.54, 1.807) is 6.08 Å². The Hall–Kier alpha value is -2.31. The fourth-order valence-electron chi connectivity index (χ4n) is 4.55. The molecule has 26 heavy (non-hydrogen) atoms. The number of rotatable bonds is 1. The van der Waals surface area contributed by atoms with Crippen LogP contribution in [0.5, 0.6) is 0 Å². The van der Waals surface area contributed by atoms with Gasteiger partial charge in [0.1, 0.15) is 0 Å². The Morgan fingerprint density at radius 2 is 2.08 bits per heavy atom. The van der Waals surface area contributed by atoms with E-state index in [1.807, 2.05) is 18.2 Å². The van der Waals surface area contributed by atoms with Crippen molar-refractivity contribution in [3.63, 3.8) is 0 Å². The van der Waals surface area contributed by atoms with E-state index in [-0.39, 0.29) is 12.0 Å². The monoisotopic (exact) mass is 347 g/mol. The first-order valence-corrected chi connectivity index (χ1v) is 9.54. The maximum absolute atomic E-state index is 12.1. The van der Waals surface area contributed by atoms with Crippen LogP contribution in [0.2, 0.25) is 0 Å². The van der Waals surface area contributed by atoms with Crippen molar-refractivity contribution >= 4 is 5.97 Å². The quantitative estimate of drug-likeness (QED) is 0.574. The molecule has 4 rings (SSSR count). The van der Waals surface area contributed by atoms with Crippen LogP contribution in [0.4, 0.5) is 0 Å². The topological polar surface area (TPSA) is 29.5 Å². The van der Waals surface area contributed by atoms with Crippen molar-refractivity contribution < 1.29 is 9.53 Å². The summed E-state index contributed by atoms with van der Waals surface area (Å²) in [5, 5.41) is 0. The molecule has 0 radical (unpaired) electrons. The van der Waals surface area contributed by atoms with Gasteiger partial charge in [0.2, 0.25) is 0 Å². The maximum Gasteiger partial charge on any atom is 0.332 e. The van der Waals surface area contributed by atoms with Crippen LogP contribution in [-0.4, -0.2) is 35.1 Å². The molecular weight excluding hydrogens is 322 g/mol. The van der Waals surface area contributed by atoms with Gasteiger partial charge in [0.05, 0.1) is 6.04 Å². The van der Waals surface area contributed by atoms with Crippen LogP contribution >= 0.6 is 0 Å². The van der Waals surface area contributed by atoms with E-state index in [1.165, 1.54) is 18.4 Å². The van der Waals surface area contributed by atoms with E-state index < -0.39 is 5.60 Å². The van der Waals surface area contributed by atoms with Gasteiger partial charge in [-0.2, -0.15) is 0 Å². The first kappa shape index (κ1) is 17.1. The highest BCUT2D eigenvalue weighted by molar-refractivity contribution is 5.89. The predicted octanol–water partition coefficient (Wildman–Crippen LogP) is 3.66. The van der Waals surface area contributed by atoms with E-state index in [4.69, 9.17) is 4.74 Å². The summed E-state index contributed by atoms with van der Waals surface area (Å²) in [5.74, 6) is 6.41. The molecule has 3 heteroatoms. The predicted molar refractivity (Wildman–Crippen MR) is 102 cm³/mol. The Kier molecular flexibility index (Phi) is 4.46. The Bertz CT molecular complexity index is 827. The molecule has 0 bridgehead atoms. The molecule has 0 amide bonds. The molecule has 3 aliphatic rings. The lowest BCUT2D eigenvalue weighted by molar-refractivity contribution is -0.151. The van der Waals surface area contributed by atoms with Crippen molar-refractivity contribution in [2.45, 2.75) is 57.2 Å². The molecule has 0 N–H and O–H groups in total. The van der Waals surface area contributed by atoms with Gasteiger partial charge < -0.3 is 4.74 Å². The first-order chi connectivity index (χ1) is 12.6. The fraction of sp³-hybridized carbons (Fsp3) is 0.435. The van der Waals surface area contributed by atoms with Crippen LogP contribution < -0.4 is 0 Å². The number of esters is 1. The van der Waals surface area contributed by atoms with Gasteiger partial charge in [0.25, 0.3) is 0 Å². The maximum atomic E-state index is 12.1. The normalized spacial score (nSPS) is 30.8. The zero-order valence-electron chi connectivity index (χ0n) is 15.5. The second kappa shape index (κ2) is 6.78. The summed E-state index contributed by atoms with van der Waals surface area (Å²) in [4.78, 5) is 14.6. The molecule has 0 spiro atoms. The van der Waals surface area contributed by atoms with Gasteiger partial charge in [-0.25, -0.2) is 4.79 Å². The van der Waals surface area contributed by atoms with Crippen molar-refractivity contribution in [2.24, 2.45) is 0 Å². The van der Waals surface area contributed by atoms with Gasteiger partial charge in [-0.15, -0.1) is 0 Å². The van der Waals surface area contributed by atoms with E-state index in [2.05, 4.69) is 48.8 Å². The summed E-state index contributed by atoms with van der Waals surface area (Å²) in [6.45, 7) is 5.34. The number of hydrogen-bond acceptors (Lipinski definition) is 3. The SMILES string of the molecule is C[C@H]1C=C(C#CCc2ccccc2)C2=CC(=O)O[C@]2(C)[C@H]2CCCCN12.